The van der Waals surface area contributed by atoms with Crippen molar-refractivity contribution in [2.24, 2.45) is 5.92 Å². The SMILES string of the molecule is c1ccc(CCC2CCCN(CCc3cc(-c4ccccc4)nc4ccccc34)C2)cc1. The first-order chi connectivity index (χ1) is 15.8. The number of piperidine rings is 1. The van der Waals surface area contributed by atoms with Gasteiger partial charge in [0, 0.05) is 24.0 Å². The van der Waals surface area contributed by atoms with Gasteiger partial charge in [-0.3, -0.25) is 0 Å². The van der Waals surface area contributed by atoms with Gasteiger partial charge in [-0.2, -0.15) is 0 Å². The lowest BCUT2D eigenvalue weighted by atomic mass is 9.91. The molecule has 2 heteroatoms. The summed E-state index contributed by atoms with van der Waals surface area (Å²) in [6, 6.07) is 32.4. The zero-order valence-corrected chi connectivity index (χ0v) is 18.8. The molecule has 1 aromatic heterocycles. The monoisotopic (exact) mass is 420 g/mol. The quantitative estimate of drug-likeness (QED) is 0.327. The molecule has 1 aliphatic rings. The van der Waals surface area contributed by atoms with Crippen molar-refractivity contribution in [2.45, 2.75) is 32.1 Å². The lowest BCUT2D eigenvalue weighted by Crippen LogP contribution is -2.36. The lowest BCUT2D eigenvalue weighted by Gasteiger charge is -2.33. The average Bonchev–Trinajstić information content (AvgIpc) is 2.87. The molecule has 0 aliphatic carbocycles. The van der Waals surface area contributed by atoms with Gasteiger partial charge in [0.15, 0.2) is 0 Å². The van der Waals surface area contributed by atoms with Gasteiger partial charge < -0.3 is 4.90 Å². The third kappa shape index (κ3) is 5.08. The predicted octanol–water partition coefficient (Wildman–Crippen LogP) is 6.79. The molecule has 3 aromatic carbocycles. The van der Waals surface area contributed by atoms with E-state index in [0.717, 1.165) is 30.1 Å². The fourth-order valence-corrected chi connectivity index (χ4v) is 5.10. The molecule has 2 nitrogen and oxygen atoms in total. The molecule has 1 unspecified atom stereocenters. The maximum absolute atomic E-state index is 4.95. The number of aromatic nitrogens is 1. The summed E-state index contributed by atoms with van der Waals surface area (Å²) in [5.41, 5.74) is 6.27. The summed E-state index contributed by atoms with van der Waals surface area (Å²) < 4.78 is 0. The molecule has 0 N–H and O–H groups in total. The number of hydrogen-bond acceptors (Lipinski definition) is 2. The van der Waals surface area contributed by atoms with Crippen LogP contribution in [0.3, 0.4) is 0 Å². The Hall–Kier alpha value is -2.97. The second-order valence-corrected chi connectivity index (χ2v) is 9.13. The summed E-state index contributed by atoms with van der Waals surface area (Å²) >= 11 is 0. The number of nitrogens with zero attached hydrogens (tertiary/aromatic N) is 2. The molecular formula is C30H32N2. The van der Waals surface area contributed by atoms with E-state index in [-0.39, 0.29) is 0 Å². The largest absolute Gasteiger partial charge is 0.303 e. The van der Waals surface area contributed by atoms with Crippen LogP contribution in [0.2, 0.25) is 0 Å². The van der Waals surface area contributed by atoms with E-state index in [1.807, 2.05) is 0 Å². The van der Waals surface area contributed by atoms with Crippen LogP contribution in [0.4, 0.5) is 0 Å². The first-order valence-electron chi connectivity index (χ1n) is 12.1. The van der Waals surface area contributed by atoms with Gasteiger partial charge in [-0.1, -0.05) is 78.9 Å². The highest BCUT2D eigenvalue weighted by molar-refractivity contribution is 5.85. The molecule has 32 heavy (non-hydrogen) atoms. The third-order valence-corrected chi connectivity index (χ3v) is 6.86. The van der Waals surface area contributed by atoms with Crippen LogP contribution in [0.1, 0.15) is 30.4 Å². The van der Waals surface area contributed by atoms with Crippen molar-refractivity contribution in [1.29, 1.82) is 0 Å². The molecule has 0 bridgehead atoms. The van der Waals surface area contributed by atoms with E-state index in [1.54, 1.807) is 0 Å². The van der Waals surface area contributed by atoms with Gasteiger partial charge in [0.1, 0.15) is 0 Å². The number of hydrogen-bond donors (Lipinski definition) is 0. The van der Waals surface area contributed by atoms with Gasteiger partial charge in [0.05, 0.1) is 11.2 Å². The van der Waals surface area contributed by atoms with Crippen LogP contribution in [0.15, 0.2) is 91.0 Å². The molecule has 5 rings (SSSR count). The van der Waals surface area contributed by atoms with E-state index in [0.29, 0.717) is 0 Å². The highest BCUT2D eigenvalue weighted by Gasteiger charge is 2.20. The van der Waals surface area contributed by atoms with Crippen LogP contribution < -0.4 is 0 Å². The van der Waals surface area contributed by atoms with Crippen LogP contribution in [-0.2, 0) is 12.8 Å². The highest BCUT2D eigenvalue weighted by atomic mass is 15.1. The summed E-state index contributed by atoms with van der Waals surface area (Å²) in [5.74, 6) is 0.818. The minimum atomic E-state index is 0.818. The molecular weight excluding hydrogens is 388 g/mol. The standard InChI is InChI=1S/C30H32N2/c1-3-10-24(11-4-1)17-18-25-12-9-20-32(23-25)21-19-27-22-30(26-13-5-2-6-14-26)31-29-16-8-7-15-28(27)29/h1-8,10-11,13-16,22,25H,9,12,17-21,23H2. The molecule has 1 aliphatic heterocycles. The van der Waals surface area contributed by atoms with E-state index in [2.05, 4.69) is 95.9 Å². The van der Waals surface area contributed by atoms with Gasteiger partial charge in [-0.05, 0) is 67.8 Å². The van der Waals surface area contributed by atoms with Crippen molar-refractivity contribution in [3.05, 3.63) is 102 Å². The molecule has 0 saturated carbocycles. The van der Waals surface area contributed by atoms with Crippen LogP contribution in [0.25, 0.3) is 22.2 Å². The minimum absolute atomic E-state index is 0.818. The summed E-state index contributed by atoms with van der Waals surface area (Å²) in [7, 11) is 0. The number of benzene rings is 3. The lowest BCUT2D eigenvalue weighted by molar-refractivity contribution is 0.170. The molecule has 0 spiro atoms. The van der Waals surface area contributed by atoms with Crippen molar-refractivity contribution < 1.29 is 0 Å². The van der Waals surface area contributed by atoms with E-state index < -0.39 is 0 Å². The fourth-order valence-electron chi connectivity index (χ4n) is 5.10. The molecule has 2 heterocycles. The summed E-state index contributed by atoms with van der Waals surface area (Å²) in [6.45, 7) is 3.60. The molecule has 0 radical (unpaired) electrons. The molecule has 0 amide bonds. The Morgan fingerprint density at radius 1 is 0.812 bits per heavy atom. The normalized spacial score (nSPS) is 16.9. The maximum Gasteiger partial charge on any atom is 0.0712 e. The Balaban J connectivity index is 1.27. The van der Waals surface area contributed by atoms with E-state index in [4.69, 9.17) is 4.98 Å². The zero-order valence-electron chi connectivity index (χ0n) is 18.8. The third-order valence-electron chi connectivity index (χ3n) is 6.86. The van der Waals surface area contributed by atoms with Gasteiger partial charge in [0.2, 0.25) is 0 Å². The second-order valence-electron chi connectivity index (χ2n) is 9.13. The van der Waals surface area contributed by atoms with E-state index in [9.17, 15) is 0 Å². The number of pyridine rings is 1. The highest BCUT2D eigenvalue weighted by Crippen LogP contribution is 2.26. The second kappa shape index (κ2) is 10.1. The Labute approximate surface area is 191 Å². The first kappa shape index (κ1) is 20.9. The number of rotatable bonds is 7. The van der Waals surface area contributed by atoms with Crippen molar-refractivity contribution in [3.8, 4) is 11.3 Å². The first-order valence-corrected chi connectivity index (χ1v) is 12.1. The molecule has 4 aromatic rings. The van der Waals surface area contributed by atoms with Crippen LogP contribution >= 0.6 is 0 Å². The Morgan fingerprint density at radius 2 is 1.56 bits per heavy atom. The Bertz CT molecular complexity index is 1140. The van der Waals surface area contributed by atoms with Crippen molar-refractivity contribution >= 4 is 10.9 Å². The summed E-state index contributed by atoms with van der Waals surface area (Å²) in [5, 5.41) is 1.30. The maximum atomic E-state index is 4.95. The van der Waals surface area contributed by atoms with Crippen LogP contribution in [0, 0.1) is 5.92 Å². The van der Waals surface area contributed by atoms with Gasteiger partial charge in [0.25, 0.3) is 0 Å². The molecule has 1 fully saturated rings. The van der Waals surface area contributed by atoms with Crippen molar-refractivity contribution in [3.63, 3.8) is 0 Å². The number of aryl methyl sites for hydroxylation is 1. The Kier molecular flexibility index (Phi) is 6.60. The zero-order chi connectivity index (χ0) is 21.6. The number of fused-ring (bicyclic) bond motifs is 1. The summed E-state index contributed by atoms with van der Waals surface area (Å²) in [6.07, 6.45) is 6.28. The number of para-hydroxylation sites is 1. The number of likely N-dealkylation sites (tertiary alicyclic amines) is 1. The van der Waals surface area contributed by atoms with Crippen molar-refractivity contribution in [2.75, 3.05) is 19.6 Å². The van der Waals surface area contributed by atoms with Gasteiger partial charge >= 0.3 is 0 Å². The average molecular weight is 421 g/mol. The van der Waals surface area contributed by atoms with Gasteiger partial charge in [-0.15, -0.1) is 0 Å². The van der Waals surface area contributed by atoms with Crippen LogP contribution in [-0.4, -0.2) is 29.5 Å². The molecule has 1 saturated heterocycles. The predicted molar refractivity (Wildman–Crippen MR) is 135 cm³/mol. The fraction of sp³-hybridized carbons (Fsp3) is 0.300. The minimum Gasteiger partial charge on any atom is -0.303 e. The summed E-state index contributed by atoms with van der Waals surface area (Å²) in [4.78, 5) is 7.64. The topological polar surface area (TPSA) is 16.1 Å². The van der Waals surface area contributed by atoms with Gasteiger partial charge in [-0.25, -0.2) is 4.98 Å². The van der Waals surface area contributed by atoms with E-state index in [1.165, 1.54) is 60.8 Å². The smallest absolute Gasteiger partial charge is 0.0712 e. The van der Waals surface area contributed by atoms with Crippen molar-refractivity contribution in [1.82, 2.24) is 9.88 Å². The van der Waals surface area contributed by atoms with E-state index >= 15 is 0 Å². The molecule has 1 atom stereocenters. The molecule has 162 valence electrons. The van der Waals surface area contributed by atoms with Crippen LogP contribution in [0.5, 0.6) is 0 Å². The Morgan fingerprint density at radius 3 is 2.41 bits per heavy atom.